The molecule has 0 unspecified atom stereocenters. The molecule has 27 heavy (non-hydrogen) atoms. The van der Waals surface area contributed by atoms with Crippen molar-refractivity contribution in [3.05, 3.63) is 42.0 Å². The van der Waals surface area contributed by atoms with Gasteiger partial charge in [-0.15, -0.1) is 0 Å². The highest BCUT2D eigenvalue weighted by molar-refractivity contribution is 6.04. The number of amides is 4. The average molecular weight is 370 g/mol. The van der Waals surface area contributed by atoms with E-state index >= 15 is 0 Å². The highest BCUT2D eigenvalue weighted by Crippen LogP contribution is 2.30. The van der Waals surface area contributed by atoms with Gasteiger partial charge in [-0.2, -0.15) is 0 Å². The molecule has 3 rings (SSSR count). The zero-order valence-corrected chi connectivity index (χ0v) is 15.5. The molecule has 1 saturated heterocycles. The summed E-state index contributed by atoms with van der Waals surface area (Å²) in [5.41, 5.74) is 2.32. The predicted octanol–water partition coefficient (Wildman–Crippen LogP) is 1.69. The SMILES string of the molecule is C=CC(=O)N1CCCc2c(C(=O)NCCCN3CCCNC3=O)cccc21. The Bertz CT molecular complexity index is 747. The Hall–Kier alpha value is -2.83. The van der Waals surface area contributed by atoms with Crippen molar-refractivity contribution in [3.8, 4) is 0 Å². The number of rotatable bonds is 6. The van der Waals surface area contributed by atoms with Crippen molar-refractivity contribution in [2.24, 2.45) is 0 Å². The first-order valence-electron chi connectivity index (χ1n) is 9.48. The van der Waals surface area contributed by atoms with Gasteiger partial charge >= 0.3 is 6.03 Å². The maximum atomic E-state index is 12.7. The normalized spacial score (nSPS) is 16.4. The number of benzene rings is 1. The fourth-order valence-electron chi connectivity index (χ4n) is 3.64. The Balaban J connectivity index is 1.59. The number of hydrogen-bond acceptors (Lipinski definition) is 3. The first-order chi connectivity index (χ1) is 13.1. The van der Waals surface area contributed by atoms with Gasteiger partial charge in [-0.25, -0.2) is 4.79 Å². The number of urea groups is 1. The molecule has 0 aliphatic carbocycles. The van der Waals surface area contributed by atoms with Crippen LogP contribution in [0.15, 0.2) is 30.9 Å². The third kappa shape index (κ3) is 4.30. The molecule has 4 amide bonds. The minimum absolute atomic E-state index is 0.0308. The molecule has 0 atom stereocenters. The van der Waals surface area contributed by atoms with Crippen molar-refractivity contribution < 1.29 is 14.4 Å². The number of fused-ring (bicyclic) bond motifs is 1. The average Bonchev–Trinajstić information content (AvgIpc) is 2.70. The summed E-state index contributed by atoms with van der Waals surface area (Å²) >= 11 is 0. The Morgan fingerprint density at radius 3 is 2.89 bits per heavy atom. The van der Waals surface area contributed by atoms with Crippen molar-refractivity contribution in [1.29, 1.82) is 0 Å². The molecule has 1 aromatic rings. The van der Waals surface area contributed by atoms with Crippen LogP contribution < -0.4 is 15.5 Å². The molecule has 2 N–H and O–H groups in total. The van der Waals surface area contributed by atoms with E-state index in [-0.39, 0.29) is 17.8 Å². The molecule has 0 spiro atoms. The zero-order chi connectivity index (χ0) is 19.2. The van der Waals surface area contributed by atoms with Gasteiger partial charge in [0, 0.05) is 44.0 Å². The third-order valence-corrected chi connectivity index (χ3v) is 4.99. The molecular weight excluding hydrogens is 344 g/mol. The molecule has 0 aromatic heterocycles. The molecule has 2 heterocycles. The number of carbonyl (C=O) groups is 3. The van der Waals surface area contributed by atoms with E-state index in [1.54, 1.807) is 21.9 Å². The summed E-state index contributed by atoms with van der Waals surface area (Å²) in [6, 6.07) is 5.45. The summed E-state index contributed by atoms with van der Waals surface area (Å²) < 4.78 is 0. The minimum Gasteiger partial charge on any atom is -0.352 e. The van der Waals surface area contributed by atoms with Crippen molar-refractivity contribution in [2.75, 3.05) is 37.6 Å². The molecule has 0 bridgehead atoms. The van der Waals surface area contributed by atoms with Crippen molar-refractivity contribution in [3.63, 3.8) is 0 Å². The topological polar surface area (TPSA) is 81.8 Å². The van der Waals surface area contributed by atoms with Gasteiger partial charge in [0.15, 0.2) is 0 Å². The number of anilines is 1. The lowest BCUT2D eigenvalue weighted by Crippen LogP contribution is -2.47. The quantitative estimate of drug-likeness (QED) is 0.591. The molecule has 7 heteroatoms. The summed E-state index contributed by atoms with van der Waals surface area (Å²) in [5, 5.41) is 5.76. The lowest BCUT2D eigenvalue weighted by atomic mass is 9.95. The van der Waals surface area contributed by atoms with Crippen molar-refractivity contribution in [1.82, 2.24) is 15.5 Å². The van der Waals surface area contributed by atoms with Crippen LogP contribution in [0.4, 0.5) is 10.5 Å². The van der Waals surface area contributed by atoms with Crippen LogP contribution in [-0.2, 0) is 11.2 Å². The van der Waals surface area contributed by atoms with Gasteiger partial charge in [-0.3, -0.25) is 9.59 Å². The van der Waals surface area contributed by atoms with E-state index in [0.29, 0.717) is 31.6 Å². The van der Waals surface area contributed by atoms with Crippen molar-refractivity contribution in [2.45, 2.75) is 25.7 Å². The maximum Gasteiger partial charge on any atom is 0.317 e. The Morgan fingerprint density at radius 2 is 2.11 bits per heavy atom. The van der Waals surface area contributed by atoms with Crippen LogP contribution in [0, 0.1) is 0 Å². The van der Waals surface area contributed by atoms with Crippen LogP contribution in [0.5, 0.6) is 0 Å². The lowest BCUT2D eigenvalue weighted by molar-refractivity contribution is -0.114. The van der Waals surface area contributed by atoms with E-state index in [4.69, 9.17) is 0 Å². The monoisotopic (exact) mass is 370 g/mol. The van der Waals surface area contributed by atoms with Gasteiger partial charge in [0.25, 0.3) is 5.91 Å². The van der Waals surface area contributed by atoms with Crippen LogP contribution in [0.25, 0.3) is 0 Å². The first-order valence-corrected chi connectivity index (χ1v) is 9.48. The molecule has 7 nitrogen and oxygen atoms in total. The third-order valence-electron chi connectivity index (χ3n) is 4.99. The molecule has 2 aliphatic heterocycles. The summed E-state index contributed by atoms with van der Waals surface area (Å²) in [6.45, 7) is 6.82. The fraction of sp³-hybridized carbons (Fsp3) is 0.450. The first kappa shape index (κ1) is 18.9. The van der Waals surface area contributed by atoms with Gasteiger partial charge in [0.1, 0.15) is 0 Å². The van der Waals surface area contributed by atoms with Crippen molar-refractivity contribution >= 4 is 23.5 Å². The van der Waals surface area contributed by atoms with Crippen LogP contribution >= 0.6 is 0 Å². The smallest absolute Gasteiger partial charge is 0.317 e. The second-order valence-electron chi connectivity index (χ2n) is 6.78. The molecule has 144 valence electrons. The van der Waals surface area contributed by atoms with Gasteiger partial charge in [0.05, 0.1) is 0 Å². The summed E-state index contributed by atoms with van der Waals surface area (Å²) in [7, 11) is 0. The number of nitrogens with one attached hydrogen (secondary N) is 2. The molecule has 0 radical (unpaired) electrons. The highest BCUT2D eigenvalue weighted by Gasteiger charge is 2.24. The lowest BCUT2D eigenvalue weighted by Gasteiger charge is -2.30. The largest absolute Gasteiger partial charge is 0.352 e. The second kappa shape index (κ2) is 8.70. The van der Waals surface area contributed by atoms with Crippen LogP contribution in [0.2, 0.25) is 0 Å². The second-order valence-corrected chi connectivity index (χ2v) is 6.78. The van der Waals surface area contributed by atoms with Gasteiger partial charge in [-0.05, 0) is 49.5 Å². The van der Waals surface area contributed by atoms with Gasteiger partial charge in [-0.1, -0.05) is 12.6 Å². The van der Waals surface area contributed by atoms with Gasteiger partial charge in [0.2, 0.25) is 5.91 Å². The van der Waals surface area contributed by atoms with Crippen LogP contribution in [0.3, 0.4) is 0 Å². The molecule has 1 fully saturated rings. The Labute approximate surface area is 159 Å². The number of nitrogens with zero attached hydrogens (tertiary/aromatic N) is 2. The van der Waals surface area contributed by atoms with Gasteiger partial charge < -0.3 is 20.4 Å². The zero-order valence-electron chi connectivity index (χ0n) is 15.5. The number of hydrogen-bond donors (Lipinski definition) is 2. The Morgan fingerprint density at radius 1 is 1.26 bits per heavy atom. The summed E-state index contributed by atoms with van der Waals surface area (Å²) in [6.07, 6.45) is 4.55. The summed E-state index contributed by atoms with van der Waals surface area (Å²) in [5.74, 6) is -0.281. The number of carbonyl (C=O) groups excluding carboxylic acids is 3. The minimum atomic E-state index is -0.145. The van der Waals surface area contributed by atoms with E-state index in [0.717, 1.165) is 43.6 Å². The highest BCUT2D eigenvalue weighted by atomic mass is 16.2. The molecule has 0 saturated carbocycles. The maximum absolute atomic E-state index is 12.7. The Kier molecular flexibility index (Phi) is 6.11. The molecular formula is C20H26N4O3. The standard InChI is InChI=1S/C20H26N4O3/c1-2-18(25)24-14-4-8-15-16(7-3-9-17(15)24)19(26)21-10-5-12-23-13-6-11-22-20(23)27/h2-3,7,9H,1,4-6,8,10-14H2,(H,21,26)(H,22,27). The van der Waals surface area contributed by atoms with E-state index in [1.807, 2.05) is 6.07 Å². The van der Waals surface area contributed by atoms with E-state index in [9.17, 15) is 14.4 Å². The van der Waals surface area contributed by atoms with Crippen LogP contribution in [0.1, 0.15) is 35.2 Å². The predicted molar refractivity (Wildman–Crippen MR) is 104 cm³/mol. The fourth-order valence-corrected chi connectivity index (χ4v) is 3.64. The van der Waals surface area contributed by atoms with E-state index in [1.165, 1.54) is 6.08 Å². The molecule has 2 aliphatic rings. The summed E-state index contributed by atoms with van der Waals surface area (Å²) in [4.78, 5) is 39.9. The van der Waals surface area contributed by atoms with E-state index < -0.39 is 0 Å². The van der Waals surface area contributed by atoms with Crippen LogP contribution in [-0.4, -0.2) is 55.5 Å². The van der Waals surface area contributed by atoms with E-state index in [2.05, 4.69) is 17.2 Å². The molecule has 1 aromatic carbocycles.